The third kappa shape index (κ3) is 1.46. The van der Waals surface area contributed by atoms with E-state index in [1.54, 1.807) is 11.1 Å². The Balaban J connectivity index is 1.86. The molecule has 0 bridgehead atoms. The lowest BCUT2D eigenvalue weighted by atomic mass is 9.85. The highest BCUT2D eigenvalue weighted by Gasteiger charge is 2.33. The lowest BCUT2D eigenvalue weighted by Crippen LogP contribution is -2.42. The molecule has 0 aromatic heterocycles. The normalized spacial score (nSPS) is 29.3. The van der Waals surface area contributed by atoms with Crippen LogP contribution in [0.1, 0.15) is 32.1 Å². The van der Waals surface area contributed by atoms with Crippen LogP contribution in [-0.4, -0.2) is 17.5 Å². The molecule has 0 amide bonds. The van der Waals surface area contributed by atoms with Crippen molar-refractivity contribution in [2.24, 2.45) is 0 Å². The molecule has 0 saturated carbocycles. The first-order chi connectivity index (χ1) is 8.93. The predicted molar refractivity (Wildman–Crippen MR) is 75.1 cm³/mol. The summed E-state index contributed by atoms with van der Waals surface area (Å²) in [4.78, 5) is 2.66. The van der Waals surface area contributed by atoms with Gasteiger partial charge in [-0.15, -0.1) is 0 Å². The Morgan fingerprint density at radius 3 is 3.06 bits per heavy atom. The lowest BCUT2D eigenvalue weighted by molar-refractivity contribution is 0.274. The Morgan fingerprint density at radius 1 is 1.06 bits per heavy atom. The van der Waals surface area contributed by atoms with Crippen LogP contribution < -0.4 is 0 Å². The maximum absolute atomic E-state index is 2.66. The molecule has 2 heterocycles. The van der Waals surface area contributed by atoms with Gasteiger partial charge in [0.15, 0.2) is 0 Å². The van der Waals surface area contributed by atoms with Crippen molar-refractivity contribution in [3.63, 3.8) is 0 Å². The number of fused-ring (bicyclic) bond motifs is 2. The van der Waals surface area contributed by atoms with Crippen LogP contribution in [0.25, 0.3) is 0 Å². The van der Waals surface area contributed by atoms with Crippen molar-refractivity contribution in [2.45, 2.75) is 38.1 Å². The highest BCUT2D eigenvalue weighted by molar-refractivity contribution is 5.51. The maximum Gasteiger partial charge on any atom is 0.0758 e. The summed E-state index contributed by atoms with van der Waals surface area (Å²) in [5, 5.41) is 0. The van der Waals surface area contributed by atoms with Gasteiger partial charge in [0.25, 0.3) is 0 Å². The highest BCUT2D eigenvalue weighted by Crippen LogP contribution is 2.40. The summed E-state index contributed by atoms with van der Waals surface area (Å²) in [6.07, 6.45) is 20.4. The molecule has 0 aromatic carbocycles. The Hall–Kier alpha value is -1.50. The molecule has 1 heteroatoms. The van der Waals surface area contributed by atoms with Gasteiger partial charge >= 0.3 is 0 Å². The standard InChI is InChI=1S/C17H19N/c1-2-9-16-13(5-1)10-11-15-7-3-6-14-8-4-12-18(16)17(14)15/h3,6-7,9-11,17H,1-2,4-5,8,12H2. The summed E-state index contributed by atoms with van der Waals surface area (Å²) < 4.78 is 0. The number of piperidine rings is 1. The minimum Gasteiger partial charge on any atom is -0.361 e. The predicted octanol–water partition coefficient (Wildman–Crippen LogP) is 3.88. The van der Waals surface area contributed by atoms with Gasteiger partial charge in [0.2, 0.25) is 0 Å². The molecule has 2 aliphatic carbocycles. The van der Waals surface area contributed by atoms with Crippen molar-refractivity contribution in [1.82, 2.24) is 4.90 Å². The number of hydrogen-bond donors (Lipinski definition) is 0. The summed E-state index contributed by atoms with van der Waals surface area (Å²) in [5.41, 5.74) is 6.17. The van der Waals surface area contributed by atoms with E-state index < -0.39 is 0 Å². The molecule has 92 valence electrons. The van der Waals surface area contributed by atoms with Crippen LogP contribution in [0.4, 0.5) is 0 Å². The van der Waals surface area contributed by atoms with E-state index in [1.165, 1.54) is 49.9 Å². The molecule has 0 radical (unpaired) electrons. The molecular weight excluding hydrogens is 218 g/mol. The number of hydrogen-bond acceptors (Lipinski definition) is 1. The van der Waals surface area contributed by atoms with Gasteiger partial charge in [-0.05, 0) is 48.8 Å². The summed E-state index contributed by atoms with van der Waals surface area (Å²) in [5.74, 6) is 0. The first kappa shape index (κ1) is 10.4. The Morgan fingerprint density at radius 2 is 2.06 bits per heavy atom. The van der Waals surface area contributed by atoms with E-state index in [-0.39, 0.29) is 0 Å². The summed E-state index contributed by atoms with van der Waals surface area (Å²) in [7, 11) is 0. The van der Waals surface area contributed by atoms with Crippen molar-refractivity contribution in [3.05, 3.63) is 58.9 Å². The quantitative estimate of drug-likeness (QED) is 0.618. The van der Waals surface area contributed by atoms with Crippen molar-refractivity contribution in [2.75, 3.05) is 6.54 Å². The van der Waals surface area contributed by atoms with Gasteiger partial charge in [-0.1, -0.05) is 36.5 Å². The molecule has 4 aliphatic rings. The third-order valence-electron chi connectivity index (χ3n) is 4.55. The van der Waals surface area contributed by atoms with E-state index in [9.17, 15) is 0 Å². The Bertz CT molecular complexity index is 528. The molecule has 1 saturated heterocycles. The van der Waals surface area contributed by atoms with E-state index in [4.69, 9.17) is 0 Å². The lowest BCUT2D eigenvalue weighted by Gasteiger charge is -2.42. The van der Waals surface area contributed by atoms with Crippen molar-refractivity contribution in [3.8, 4) is 0 Å². The van der Waals surface area contributed by atoms with E-state index in [2.05, 4.69) is 41.4 Å². The van der Waals surface area contributed by atoms with Crippen molar-refractivity contribution in [1.29, 1.82) is 0 Å². The van der Waals surface area contributed by atoms with Crippen LogP contribution in [0.5, 0.6) is 0 Å². The smallest absolute Gasteiger partial charge is 0.0758 e. The first-order valence-corrected chi connectivity index (χ1v) is 7.18. The van der Waals surface area contributed by atoms with Gasteiger partial charge < -0.3 is 4.90 Å². The average molecular weight is 237 g/mol. The Labute approximate surface area is 109 Å². The molecular formula is C17H19N. The average Bonchev–Trinajstić information content (AvgIpc) is 2.60. The minimum absolute atomic E-state index is 0.529. The number of allylic oxidation sites excluding steroid dienone is 6. The van der Waals surface area contributed by atoms with E-state index in [0.29, 0.717) is 6.04 Å². The second-order valence-electron chi connectivity index (χ2n) is 5.64. The molecule has 0 spiro atoms. The zero-order valence-corrected chi connectivity index (χ0v) is 10.7. The van der Waals surface area contributed by atoms with E-state index in [0.717, 1.165) is 0 Å². The van der Waals surface area contributed by atoms with Gasteiger partial charge in [0, 0.05) is 12.2 Å². The van der Waals surface area contributed by atoms with Gasteiger partial charge in [0.05, 0.1) is 6.04 Å². The van der Waals surface area contributed by atoms with Crippen molar-refractivity contribution < 1.29 is 0 Å². The molecule has 1 nitrogen and oxygen atoms in total. The van der Waals surface area contributed by atoms with Gasteiger partial charge in [-0.25, -0.2) is 0 Å². The fourth-order valence-corrected chi connectivity index (χ4v) is 3.73. The number of nitrogens with zero attached hydrogens (tertiary/aromatic N) is 1. The van der Waals surface area contributed by atoms with E-state index in [1.807, 2.05) is 0 Å². The molecule has 4 rings (SSSR count). The zero-order chi connectivity index (χ0) is 11.9. The maximum atomic E-state index is 2.66. The zero-order valence-electron chi connectivity index (χ0n) is 10.7. The number of rotatable bonds is 0. The molecule has 18 heavy (non-hydrogen) atoms. The van der Waals surface area contributed by atoms with Crippen LogP contribution in [0, 0.1) is 0 Å². The van der Waals surface area contributed by atoms with Crippen LogP contribution in [0.3, 0.4) is 0 Å². The van der Waals surface area contributed by atoms with Crippen molar-refractivity contribution >= 4 is 0 Å². The summed E-state index contributed by atoms with van der Waals surface area (Å²) in [6, 6.07) is 0.529. The monoisotopic (exact) mass is 237 g/mol. The van der Waals surface area contributed by atoms with Gasteiger partial charge in [0.1, 0.15) is 0 Å². The largest absolute Gasteiger partial charge is 0.361 e. The summed E-state index contributed by atoms with van der Waals surface area (Å²) >= 11 is 0. The Kier molecular flexibility index (Phi) is 2.32. The molecule has 2 aliphatic heterocycles. The van der Waals surface area contributed by atoms with E-state index >= 15 is 0 Å². The molecule has 0 N–H and O–H groups in total. The molecule has 1 atom stereocenters. The van der Waals surface area contributed by atoms with Gasteiger partial charge in [-0.2, -0.15) is 0 Å². The molecule has 0 aromatic rings. The third-order valence-corrected chi connectivity index (χ3v) is 4.55. The highest BCUT2D eigenvalue weighted by atomic mass is 15.2. The topological polar surface area (TPSA) is 3.24 Å². The van der Waals surface area contributed by atoms with Crippen LogP contribution in [-0.2, 0) is 0 Å². The van der Waals surface area contributed by atoms with Crippen LogP contribution >= 0.6 is 0 Å². The SMILES string of the molecule is C1=CC2=CC=C3CCCC=C3N3CCCC(=C1)C23. The van der Waals surface area contributed by atoms with Crippen LogP contribution in [0.2, 0.25) is 0 Å². The second-order valence-corrected chi connectivity index (χ2v) is 5.64. The van der Waals surface area contributed by atoms with Crippen LogP contribution in [0.15, 0.2) is 58.9 Å². The molecule has 1 unspecified atom stereocenters. The minimum atomic E-state index is 0.529. The summed E-state index contributed by atoms with van der Waals surface area (Å²) in [6.45, 7) is 1.22. The molecule has 1 fully saturated rings. The first-order valence-electron chi connectivity index (χ1n) is 7.18. The second kappa shape index (κ2) is 4.01. The van der Waals surface area contributed by atoms with Gasteiger partial charge in [-0.3, -0.25) is 0 Å². The fraction of sp³-hybridized carbons (Fsp3) is 0.412. The fourth-order valence-electron chi connectivity index (χ4n) is 3.73.